The van der Waals surface area contributed by atoms with Crippen LogP contribution in [0.15, 0.2) is 18.2 Å². The highest BCUT2D eigenvalue weighted by molar-refractivity contribution is 6.22. The molecule has 1 aliphatic rings. The van der Waals surface area contributed by atoms with Crippen LogP contribution in [0.1, 0.15) is 27.6 Å². The first-order chi connectivity index (χ1) is 9.56. The minimum Gasteiger partial charge on any atom is -0.493 e. The van der Waals surface area contributed by atoms with Crippen LogP contribution in [0.3, 0.4) is 0 Å². The fourth-order valence-corrected chi connectivity index (χ4v) is 1.99. The largest absolute Gasteiger partial charge is 0.493 e. The van der Waals surface area contributed by atoms with E-state index in [1.54, 1.807) is 19.1 Å². The van der Waals surface area contributed by atoms with Crippen LogP contribution in [0.2, 0.25) is 0 Å². The van der Waals surface area contributed by atoms with Crippen molar-refractivity contribution in [1.82, 2.24) is 4.90 Å². The predicted molar refractivity (Wildman–Crippen MR) is 65.9 cm³/mol. The second kappa shape index (κ2) is 5.55. The van der Waals surface area contributed by atoms with Crippen molar-refractivity contribution in [3.8, 4) is 5.75 Å². The smallest absolute Gasteiger partial charge is 0.294 e. The number of rotatable bonds is 6. The number of nitrogens with zero attached hydrogens (tertiary/aromatic N) is 2. The molecule has 1 aromatic rings. The minimum absolute atomic E-state index is 0.182. The molecule has 20 heavy (non-hydrogen) atoms. The predicted octanol–water partition coefficient (Wildman–Crippen LogP) is 0.890. The molecule has 0 aliphatic carbocycles. The highest BCUT2D eigenvalue weighted by Gasteiger charge is 2.37. The van der Waals surface area contributed by atoms with E-state index in [2.05, 4.69) is 4.84 Å². The van der Waals surface area contributed by atoms with Crippen molar-refractivity contribution >= 4 is 11.8 Å². The summed E-state index contributed by atoms with van der Waals surface area (Å²) in [5, 5.41) is 9.10. The van der Waals surface area contributed by atoms with Gasteiger partial charge in [0, 0.05) is 0 Å². The summed E-state index contributed by atoms with van der Waals surface area (Å²) < 4.78 is 5.32. The maximum Gasteiger partial charge on any atom is 0.294 e. The lowest BCUT2D eigenvalue weighted by Gasteiger charge is -2.12. The first-order valence-electron chi connectivity index (χ1n) is 5.95. The molecular weight excluding hydrogens is 268 g/mol. The molecule has 0 spiro atoms. The van der Waals surface area contributed by atoms with E-state index in [9.17, 15) is 19.7 Å². The molecule has 0 fully saturated rings. The third kappa shape index (κ3) is 2.40. The van der Waals surface area contributed by atoms with Gasteiger partial charge in [0.05, 0.1) is 24.3 Å². The topological polar surface area (TPSA) is 99.0 Å². The third-order valence-corrected chi connectivity index (χ3v) is 2.77. The average molecular weight is 280 g/mol. The Kier molecular flexibility index (Phi) is 3.83. The number of hydrogen-bond acceptors (Lipinski definition) is 6. The van der Waals surface area contributed by atoms with Crippen LogP contribution in [0.5, 0.6) is 5.75 Å². The van der Waals surface area contributed by atoms with Crippen molar-refractivity contribution in [3.63, 3.8) is 0 Å². The van der Waals surface area contributed by atoms with Crippen LogP contribution in [0.25, 0.3) is 0 Å². The number of ether oxygens (including phenoxy) is 1. The lowest BCUT2D eigenvalue weighted by molar-refractivity contribution is -0.757. The minimum atomic E-state index is -0.968. The Morgan fingerprint density at radius 3 is 2.70 bits per heavy atom. The number of fused-ring (bicyclic) bond motifs is 1. The number of carbonyl (C=O) groups is 2. The fraction of sp³-hybridized carbons (Fsp3) is 0.333. The molecule has 8 nitrogen and oxygen atoms in total. The van der Waals surface area contributed by atoms with Crippen molar-refractivity contribution in [2.75, 3.05) is 19.8 Å². The summed E-state index contributed by atoms with van der Waals surface area (Å²) in [6.45, 7) is 1.59. The maximum atomic E-state index is 12.2. The van der Waals surface area contributed by atoms with Gasteiger partial charge in [-0.05, 0) is 19.1 Å². The second-order valence-corrected chi connectivity index (χ2v) is 3.93. The average Bonchev–Trinajstić information content (AvgIpc) is 2.65. The van der Waals surface area contributed by atoms with Crippen LogP contribution in [0.4, 0.5) is 0 Å². The van der Waals surface area contributed by atoms with E-state index < -0.39 is 16.9 Å². The molecular formula is C12H12N2O6. The van der Waals surface area contributed by atoms with Gasteiger partial charge in [-0.3, -0.25) is 14.5 Å². The molecule has 0 N–H and O–H groups in total. The normalized spacial score (nSPS) is 13.3. The van der Waals surface area contributed by atoms with Gasteiger partial charge in [-0.15, -0.1) is 10.1 Å². The summed E-state index contributed by atoms with van der Waals surface area (Å²) in [6.07, 6.45) is 0. The Bertz CT molecular complexity index is 571. The molecule has 2 rings (SSSR count). The standard InChI is InChI=1S/C12H12N2O6/c1-2-19-9-5-3-4-8-10(9)12(16)13(11(8)15)6-7-20-14(17)18/h3-5H,2,6-7H2,1H3. The van der Waals surface area contributed by atoms with Gasteiger partial charge in [-0.25, -0.2) is 0 Å². The van der Waals surface area contributed by atoms with Crippen LogP contribution >= 0.6 is 0 Å². The SMILES string of the molecule is CCOc1cccc2c1C(=O)N(CCO[N+](=O)[O-])C2=O. The summed E-state index contributed by atoms with van der Waals surface area (Å²) >= 11 is 0. The second-order valence-electron chi connectivity index (χ2n) is 3.93. The van der Waals surface area contributed by atoms with E-state index in [0.717, 1.165) is 4.90 Å². The van der Waals surface area contributed by atoms with Crippen molar-refractivity contribution in [3.05, 3.63) is 39.4 Å². The van der Waals surface area contributed by atoms with Crippen LogP contribution < -0.4 is 4.74 Å². The summed E-state index contributed by atoms with van der Waals surface area (Å²) in [6, 6.07) is 4.74. The summed E-state index contributed by atoms with van der Waals surface area (Å²) in [4.78, 5) is 39.3. The van der Waals surface area contributed by atoms with Gasteiger partial charge in [-0.1, -0.05) is 6.07 Å². The zero-order chi connectivity index (χ0) is 14.7. The molecule has 0 atom stereocenters. The van der Waals surface area contributed by atoms with E-state index in [4.69, 9.17) is 4.74 Å². The molecule has 106 valence electrons. The first kappa shape index (κ1) is 13.8. The highest BCUT2D eigenvalue weighted by Crippen LogP contribution is 2.30. The number of amides is 2. The molecule has 0 unspecified atom stereocenters. The summed E-state index contributed by atoms with van der Waals surface area (Å²) in [5.74, 6) is -0.694. The number of benzene rings is 1. The number of carbonyl (C=O) groups excluding carboxylic acids is 2. The van der Waals surface area contributed by atoms with Crippen molar-refractivity contribution < 1.29 is 24.3 Å². The van der Waals surface area contributed by atoms with Gasteiger partial charge in [0.25, 0.3) is 16.9 Å². The summed E-state index contributed by atoms with van der Waals surface area (Å²) in [5.41, 5.74) is 0.433. The zero-order valence-corrected chi connectivity index (χ0v) is 10.7. The van der Waals surface area contributed by atoms with E-state index in [1.807, 2.05) is 0 Å². The molecule has 2 amide bonds. The Morgan fingerprint density at radius 1 is 1.30 bits per heavy atom. The lowest BCUT2D eigenvalue weighted by atomic mass is 10.1. The molecule has 1 aliphatic heterocycles. The molecule has 0 saturated heterocycles. The Balaban J connectivity index is 2.21. The Morgan fingerprint density at radius 2 is 2.05 bits per heavy atom. The van der Waals surface area contributed by atoms with E-state index in [1.165, 1.54) is 6.07 Å². The molecule has 0 aromatic heterocycles. The first-order valence-corrected chi connectivity index (χ1v) is 5.95. The van der Waals surface area contributed by atoms with Gasteiger partial charge >= 0.3 is 0 Å². The lowest BCUT2D eigenvalue weighted by Crippen LogP contribution is -2.33. The molecule has 8 heteroatoms. The third-order valence-electron chi connectivity index (χ3n) is 2.77. The molecule has 0 radical (unpaired) electrons. The molecule has 0 saturated carbocycles. The van der Waals surface area contributed by atoms with Gasteiger partial charge < -0.3 is 9.57 Å². The molecule has 1 heterocycles. The van der Waals surface area contributed by atoms with Crippen LogP contribution in [-0.4, -0.2) is 41.6 Å². The quantitative estimate of drug-likeness (QED) is 0.436. The fourth-order valence-electron chi connectivity index (χ4n) is 1.99. The van der Waals surface area contributed by atoms with Gasteiger partial charge in [0.2, 0.25) is 0 Å². The number of hydrogen-bond donors (Lipinski definition) is 0. The van der Waals surface area contributed by atoms with E-state index in [0.29, 0.717) is 12.4 Å². The van der Waals surface area contributed by atoms with Crippen molar-refractivity contribution in [1.29, 1.82) is 0 Å². The number of imide groups is 1. The molecule has 0 bridgehead atoms. The van der Waals surface area contributed by atoms with E-state index >= 15 is 0 Å². The van der Waals surface area contributed by atoms with Gasteiger partial charge in [-0.2, -0.15) is 0 Å². The van der Waals surface area contributed by atoms with Crippen LogP contribution in [0, 0.1) is 10.1 Å². The monoisotopic (exact) mass is 280 g/mol. The summed E-state index contributed by atoms with van der Waals surface area (Å²) in [7, 11) is 0. The van der Waals surface area contributed by atoms with Crippen LogP contribution in [-0.2, 0) is 4.84 Å². The zero-order valence-electron chi connectivity index (χ0n) is 10.7. The van der Waals surface area contributed by atoms with E-state index in [-0.39, 0.29) is 24.3 Å². The Labute approximate surface area is 114 Å². The van der Waals surface area contributed by atoms with Crippen molar-refractivity contribution in [2.24, 2.45) is 0 Å². The Hall–Kier alpha value is -2.64. The van der Waals surface area contributed by atoms with Gasteiger partial charge in [0.15, 0.2) is 0 Å². The van der Waals surface area contributed by atoms with Gasteiger partial charge in [0.1, 0.15) is 12.4 Å². The van der Waals surface area contributed by atoms with Crippen molar-refractivity contribution in [2.45, 2.75) is 6.92 Å². The highest BCUT2D eigenvalue weighted by atomic mass is 16.9. The maximum absolute atomic E-state index is 12.2. The molecule has 1 aromatic carbocycles.